The fourth-order valence-corrected chi connectivity index (χ4v) is 4.77. The van der Waals surface area contributed by atoms with Crippen LogP contribution in [0.25, 0.3) is 5.57 Å². The minimum atomic E-state index is -0.404. The highest BCUT2D eigenvalue weighted by atomic mass is 14.5. The van der Waals surface area contributed by atoms with Crippen LogP contribution in [-0.2, 0) is 5.41 Å². The average Bonchev–Trinajstić information content (AvgIpc) is 3.13. The minimum absolute atomic E-state index is 0.404. The molecule has 0 aliphatic heterocycles. The molecule has 1 aromatic rings. The summed E-state index contributed by atoms with van der Waals surface area (Å²) in [6.45, 7) is 18.7. The number of fused-ring (bicyclic) bond motifs is 2. The second-order valence-corrected chi connectivity index (χ2v) is 6.89. The molecule has 1 unspecified atom stereocenters. The summed E-state index contributed by atoms with van der Waals surface area (Å²) >= 11 is 0. The van der Waals surface area contributed by atoms with Crippen molar-refractivity contribution < 1.29 is 0 Å². The molecule has 3 rings (SSSR count). The van der Waals surface area contributed by atoms with Crippen LogP contribution in [0.5, 0.6) is 0 Å². The van der Waals surface area contributed by atoms with E-state index in [1.54, 1.807) is 0 Å². The first-order valence-corrected chi connectivity index (χ1v) is 9.77. The van der Waals surface area contributed by atoms with E-state index in [0.717, 1.165) is 5.57 Å². The van der Waals surface area contributed by atoms with Gasteiger partial charge in [0.1, 0.15) is 0 Å². The normalized spacial score (nSPS) is 21.8. The molecule has 0 N–H and O–H groups in total. The maximum absolute atomic E-state index is 4.23. The first-order chi connectivity index (χ1) is 13.7. The third kappa shape index (κ3) is 2.45. The van der Waals surface area contributed by atoms with Gasteiger partial charge in [0.15, 0.2) is 0 Å². The van der Waals surface area contributed by atoms with Gasteiger partial charge < -0.3 is 0 Å². The van der Waals surface area contributed by atoms with Gasteiger partial charge in [-0.1, -0.05) is 98.7 Å². The Bertz CT molecular complexity index is 1030. The van der Waals surface area contributed by atoms with Crippen LogP contribution in [0.1, 0.15) is 31.9 Å². The molecule has 1 atom stereocenters. The summed E-state index contributed by atoms with van der Waals surface area (Å²) in [7, 11) is 0. The molecule has 0 bridgehead atoms. The summed E-state index contributed by atoms with van der Waals surface area (Å²) in [4.78, 5) is 0. The molecule has 0 radical (unpaired) electrons. The van der Waals surface area contributed by atoms with Crippen molar-refractivity contribution in [3.8, 4) is 0 Å². The SMILES string of the molecule is C=CC1=C(/C=C\C)C2(C(C=C)=C1/C=C\C)C(/C=C\C)=C(C=C)c1ccccc12. The zero-order valence-electron chi connectivity index (χ0n) is 17.1. The summed E-state index contributed by atoms with van der Waals surface area (Å²) in [5, 5.41) is 0. The van der Waals surface area contributed by atoms with Crippen LogP contribution < -0.4 is 0 Å². The highest BCUT2D eigenvalue weighted by molar-refractivity contribution is 5.94. The summed E-state index contributed by atoms with van der Waals surface area (Å²) < 4.78 is 0. The van der Waals surface area contributed by atoms with Crippen LogP contribution in [0.2, 0.25) is 0 Å². The quantitative estimate of drug-likeness (QED) is 0.488. The van der Waals surface area contributed by atoms with Crippen molar-refractivity contribution in [3.63, 3.8) is 0 Å². The second kappa shape index (κ2) is 7.86. The van der Waals surface area contributed by atoms with Crippen LogP contribution >= 0.6 is 0 Å². The third-order valence-corrected chi connectivity index (χ3v) is 5.61. The second-order valence-electron chi connectivity index (χ2n) is 6.89. The van der Waals surface area contributed by atoms with E-state index in [9.17, 15) is 0 Å². The molecule has 0 saturated heterocycles. The number of allylic oxidation sites excluding steroid dienone is 15. The van der Waals surface area contributed by atoms with Crippen LogP contribution in [0.15, 0.2) is 127 Å². The van der Waals surface area contributed by atoms with Crippen molar-refractivity contribution in [1.82, 2.24) is 0 Å². The highest BCUT2D eigenvalue weighted by Crippen LogP contribution is 2.61. The molecule has 1 aromatic carbocycles. The molecular formula is C28H28. The largest absolute Gasteiger partial charge is 0.0987 e. The van der Waals surface area contributed by atoms with Crippen molar-refractivity contribution in [1.29, 1.82) is 0 Å². The van der Waals surface area contributed by atoms with Gasteiger partial charge in [-0.2, -0.15) is 0 Å². The Labute approximate surface area is 169 Å². The van der Waals surface area contributed by atoms with Gasteiger partial charge in [-0.05, 0) is 65.3 Å². The van der Waals surface area contributed by atoms with E-state index in [4.69, 9.17) is 0 Å². The monoisotopic (exact) mass is 364 g/mol. The molecule has 0 heterocycles. The van der Waals surface area contributed by atoms with Crippen molar-refractivity contribution in [3.05, 3.63) is 138 Å². The predicted molar refractivity (Wildman–Crippen MR) is 124 cm³/mol. The summed E-state index contributed by atoms with van der Waals surface area (Å²) in [6.07, 6.45) is 18.9. The average molecular weight is 365 g/mol. The number of hydrogen-bond donors (Lipinski definition) is 0. The Balaban J connectivity index is 2.63. The van der Waals surface area contributed by atoms with E-state index in [-0.39, 0.29) is 0 Å². The lowest BCUT2D eigenvalue weighted by molar-refractivity contribution is 0.771. The van der Waals surface area contributed by atoms with Crippen molar-refractivity contribution in [2.24, 2.45) is 0 Å². The molecule has 0 amide bonds. The highest BCUT2D eigenvalue weighted by Gasteiger charge is 2.51. The van der Waals surface area contributed by atoms with Gasteiger partial charge in [0.2, 0.25) is 0 Å². The lowest BCUT2D eigenvalue weighted by atomic mass is 9.67. The topological polar surface area (TPSA) is 0 Å². The van der Waals surface area contributed by atoms with Crippen molar-refractivity contribution >= 4 is 5.57 Å². The molecule has 2 aliphatic rings. The van der Waals surface area contributed by atoms with Crippen LogP contribution in [0.3, 0.4) is 0 Å². The number of benzene rings is 1. The molecule has 28 heavy (non-hydrogen) atoms. The summed E-state index contributed by atoms with van der Waals surface area (Å²) in [6, 6.07) is 8.65. The lowest BCUT2D eigenvalue weighted by Gasteiger charge is -2.33. The molecule has 0 saturated carbocycles. The first-order valence-electron chi connectivity index (χ1n) is 9.77. The zero-order valence-corrected chi connectivity index (χ0v) is 17.1. The maximum atomic E-state index is 4.23. The van der Waals surface area contributed by atoms with Gasteiger partial charge in [0, 0.05) is 0 Å². The van der Waals surface area contributed by atoms with Gasteiger partial charge in [-0.3, -0.25) is 0 Å². The third-order valence-electron chi connectivity index (χ3n) is 5.61. The fraction of sp³-hybridized carbons (Fsp3) is 0.143. The fourth-order valence-electron chi connectivity index (χ4n) is 4.77. The van der Waals surface area contributed by atoms with Gasteiger partial charge in [0.05, 0.1) is 5.41 Å². The molecule has 0 nitrogen and oxygen atoms in total. The molecular weight excluding hydrogens is 336 g/mol. The van der Waals surface area contributed by atoms with Gasteiger partial charge in [0.25, 0.3) is 0 Å². The minimum Gasteiger partial charge on any atom is -0.0987 e. The number of hydrogen-bond acceptors (Lipinski definition) is 0. The molecule has 2 aliphatic carbocycles. The Morgan fingerprint density at radius 1 is 0.643 bits per heavy atom. The van der Waals surface area contributed by atoms with E-state index in [2.05, 4.69) is 101 Å². The molecule has 140 valence electrons. The van der Waals surface area contributed by atoms with Crippen LogP contribution in [-0.4, -0.2) is 0 Å². The molecule has 0 aromatic heterocycles. The Morgan fingerprint density at radius 3 is 1.75 bits per heavy atom. The Morgan fingerprint density at radius 2 is 1.21 bits per heavy atom. The maximum Gasteiger partial charge on any atom is 0.0725 e. The van der Waals surface area contributed by atoms with Crippen molar-refractivity contribution in [2.75, 3.05) is 0 Å². The lowest BCUT2D eigenvalue weighted by Crippen LogP contribution is -2.28. The van der Waals surface area contributed by atoms with E-state index < -0.39 is 5.41 Å². The van der Waals surface area contributed by atoms with Crippen LogP contribution in [0, 0.1) is 0 Å². The zero-order chi connectivity index (χ0) is 20.3. The Hall–Kier alpha value is -3.12. The van der Waals surface area contributed by atoms with E-state index in [1.165, 1.54) is 39.0 Å². The summed E-state index contributed by atoms with van der Waals surface area (Å²) in [5.74, 6) is 0. The standard InChI is InChI=1S/C28H28/c1-7-15-22-20(10-4)25(16-8-2)28(24(22)12-6)26(17-9-3)21(11-5)23-18-13-14-19-27(23)28/h7-19H,4-6H2,1-3H3/b15-7-,16-8-,17-9-. The van der Waals surface area contributed by atoms with Gasteiger partial charge in [-0.15, -0.1) is 0 Å². The van der Waals surface area contributed by atoms with E-state index in [1.807, 2.05) is 18.2 Å². The van der Waals surface area contributed by atoms with E-state index >= 15 is 0 Å². The van der Waals surface area contributed by atoms with Gasteiger partial charge >= 0.3 is 0 Å². The molecule has 1 spiro atoms. The van der Waals surface area contributed by atoms with E-state index in [0.29, 0.717) is 0 Å². The van der Waals surface area contributed by atoms with Crippen molar-refractivity contribution in [2.45, 2.75) is 26.2 Å². The summed E-state index contributed by atoms with van der Waals surface area (Å²) in [5.41, 5.74) is 9.32. The number of rotatable bonds is 6. The van der Waals surface area contributed by atoms with Crippen LogP contribution in [0.4, 0.5) is 0 Å². The molecule has 0 heteroatoms. The van der Waals surface area contributed by atoms with Gasteiger partial charge in [-0.25, -0.2) is 0 Å². The smallest absolute Gasteiger partial charge is 0.0725 e. The Kier molecular flexibility index (Phi) is 5.51. The first kappa shape index (κ1) is 19.6. The molecule has 0 fully saturated rings. The predicted octanol–water partition coefficient (Wildman–Crippen LogP) is 7.58.